The van der Waals surface area contributed by atoms with E-state index < -0.39 is 5.97 Å². The summed E-state index contributed by atoms with van der Waals surface area (Å²) in [5.74, 6) is -0.874. The molecule has 0 saturated carbocycles. The highest BCUT2D eigenvalue weighted by molar-refractivity contribution is 5.78. The van der Waals surface area contributed by atoms with Crippen LogP contribution in [-0.2, 0) is 9.59 Å². The zero-order valence-corrected chi connectivity index (χ0v) is 12.3. The largest absolute Gasteiger partial charge is 0.481 e. The molecule has 1 aromatic rings. The summed E-state index contributed by atoms with van der Waals surface area (Å²) >= 11 is 0. The third-order valence-electron chi connectivity index (χ3n) is 3.96. The fraction of sp³-hybridized carbons (Fsp3) is 0.500. The average molecular weight is 290 g/mol. The van der Waals surface area contributed by atoms with E-state index in [1.807, 2.05) is 23.1 Å². The fourth-order valence-corrected chi connectivity index (χ4v) is 2.60. The highest BCUT2D eigenvalue weighted by atomic mass is 16.4. The van der Waals surface area contributed by atoms with Crippen molar-refractivity contribution in [3.05, 3.63) is 35.9 Å². The Morgan fingerprint density at radius 3 is 2.71 bits per heavy atom. The van der Waals surface area contributed by atoms with Crippen molar-refractivity contribution in [1.29, 1.82) is 0 Å². The van der Waals surface area contributed by atoms with E-state index in [0.717, 1.165) is 0 Å². The second-order valence-electron chi connectivity index (χ2n) is 5.67. The van der Waals surface area contributed by atoms with Gasteiger partial charge in [0.15, 0.2) is 0 Å². The molecular formula is C16H22N2O3. The van der Waals surface area contributed by atoms with Crippen molar-refractivity contribution in [2.75, 3.05) is 26.2 Å². The number of hydrogen-bond donors (Lipinski definition) is 2. The highest BCUT2D eigenvalue weighted by Crippen LogP contribution is 2.16. The van der Waals surface area contributed by atoms with Crippen LogP contribution in [0.5, 0.6) is 0 Å². The molecule has 2 unspecified atom stereocenters. The summed E-state index contributed by atoms with van der Waals surface area (Å²) in [4.78, 5) is 24.7. The predicted octanol–water partition coefficient (Wildman–Crippen LogP) is 1.31. The summed E-state index contributed by atoms with van der Waals surface area (Å²) in [5, 5.41) is 11.9. The van der Waals surface area contributed by atoms with Gasteiger partial charge in [0.1, 0.15) is 0 Å². The number of nitrogens with zero attached hydrogens (tertiary/aromatic N) is 1. The van der Waals surface area contributed by atoms with Gasteiger partial charge in [-0.2, -0.15) is 0 Å². The van der Waals surface area contributed by atoms with E-state index >= 15 is 0 Å². The number of carbonyl (C=O) groups is 2. The molecular weight excluding hydrogens is 268 g/mol. The summed E-state index contributed by atoms with van der Waals surface area (Å²) in [6.45, 7) is 4.10. The third-order valence-corrected chi connectivity index (χ3v) is 3.96. The van der Waals surface area contributed by atoms with Crippen LogP contribution in [0.3, 0.4) is 0 Å². The van der Waals surface area contributed by atoms with Crippen molar-refractivity contribution in [1.82, 2.24) is 10.2 Å². The standard InChI is InChI=1S/C16H22N2O3/c1-12(13-5-3-2-4-6-13)9-17-15(19)11-18-8-7-14(10-18)16(20)21/h2-6,12,14H,7-11H2,1H3,(H,17,19)(H,20,21). The van der Waals surface area contributed by atoms with E-state index in [2.05, 4.69) is 24.4 Å². The summed E-state index contributed by atoms with van der Waals surface area (Å²) in [6.07, 6.45) is 0.628. The summed E-state index contributed by atoms with van der Waals surface area (Å²) in [6, 6.07) is 10.1. The Kier molecular flexibility index (Phi) is 5.33. The Morgan fingerprint density at radius 2 is 2.10 bits per heavy atom. The molecule has 0 aliphatic carbocycles. The lowest BCUT2D eigenvalue weighted by Crippen LogP contribution is -2.37. The van der Waals surface area contributed by atoms with Crippen molar-refractivity contribution in [3.63, 3.8) is 0 Å². The van der Waals surface area contributed by atoms with Crippen molar-refractivity contribution in [2.45, 2.75) is 19.3 Å². The summed E-state index contributed by atoms with van der Waals surface area (Å²) < 4.78 is 0. The van der Waals surface area contributed by atoms with E-state index in [1.54, 1.807) is 0 Å². The number of carboxylic acids is 1. The van der Waals surface area contributed by atoms with Gasteiger partial charge >= 0.3 is 5.97 Å². The SMILES string of the molecule is CC(CNC(=O)CN1CCC(C(=O)O)C1)c1ccccc1. The molecule has 2 rings (SSSR count). The number of carbonyl (C=O) groups excluding carboxylic acids is 1. The minimum atomic E-state index is -0.768. The maximum atomic E-state index is 11.9. The lowest BCUT2D eigenvalue weighted by atomic mass is 10.0. The molecule has 114 valence electrons. The van der Waals surface area contributed by atoms with Crippen molar-refractivity contribution in [3.8, 4) is 0 Å². The average Bonchev–Trinajstić information content (AvgIpc) is 2.94. The summed E-state index contributed by atoms with van der Waals surface area (Å²) in [7, 11) is 0. The van der Waals surface area contributed by atoms with Crippen LogP contribution in [0.4, 0.5) is 0 Å². The second-order valence-corrected chi connectivity index (χ2v) is 5.67. The van der Waals surface area contributed by atoms with Crippen LogP contribution in [0.1, 0.15) is 24.8 Å². The van der Waals surface area contributed by atoms with Gasteiger partial charge in [-0.05, 0) is 24.4 Å². The summed E-state index contributed by atoms with van der Waals surface area (Å²) in [5.41, 5.74) is 1.20. The van der Waals surface area contributed by atoms with Crippen LogP contribution >= 0.6 is 0 Å². The molecule has 1 saturated heterocycles. The van der Waals surface area contributed by atoms with E-state index in [-0.39, 0.29) is 24.3 Å². The van der Waals surface area contributed by atoms with Crippen LogP contribution in [-0.4, -0.2) is 48.1 Å². The molecule has 2 atom stereocenters. The molecule has 5 nitrogen and oxygen atoms in total. The number of rotatable bonds is 6. The fourth-order valence-electron chi connectivity index (χ4n) is 2.60. The number of carboxylic acid groups (broad SMARTS) is 1. The monoisotopic (exact) mass is 290 g/mol. The van der Waals surface area contributed by atoms with Gasteiger partial charge in [-0.3, -0.25) is 14.5 Å². The smallest absolute Gasteiger partial charge is 0.307 e. The van der Waals surface area contributed by atoms with E-state index in [4.69, 9.17) is 5.11 Å². The second kappa shape index (κ2) is 7.22. The van der Waals surface area contributed by atoms with Crippen LogP contribution in [0.25, 0.3) is 0 Å². The van der Waals surface area contributed by atoms with Crippen molar-refractivity contribution in [2.24, 2.45) is 5.92 Å². The first kappa shape index (κ1) is 15.5. The van der Waals surface area contributed by atoms with Gasteiger partial charge in [-0.15, -0.1) is 0 Å². The maximum Gasteiger partial charge on any atom is 0.307 e. The minimum Gasteiger partial charge on any atom is -0.481 e. The number of aliphatic carboxylic acids is 1. The molecule has 1 aliphatic heterocycles. The molecule has 0 bridgehead atoms. The Morgan fingerprint density at radius 1 is 1.38 bits per heavy atom. The molecule has 21 heavy (non-hydrogen) atoms. The number of nitrogens with one attached hydrogen (secondary N) is 1. The Bertz CT molecular complexity index is 490. The molecule has 5 heteroatoms. The van der Waals surface area contributed by atoms with E-state index in [1.165, 1.54) is 5.56 Å². The lowest BCUT2D eigenvalue weighted by Gasteiger charge is -2.17. The van der Waals surface area contributed by atoms with Crippen molar-refractivity contribution >= 4 is 11.9 Å². The van der Waals surface area contributed by atoms with Gasteiger partial charge in [0.2, 0.25) is 5.91 Å². The predicted molar refractivity (Wildman–Crippen MR) is 80.0 cm³/mol. The maximum absolute atomic E-state index is 11.9. The van der Waals surface area contributed by atoms with Gasteiger partial charge in [0, 0.05) is 13.1 Å². The Hall–Kier alpha value is -1.88. The molecule has 1 heterocycles. The van der Waals surface area contributed by atoms with Crippen LogP contribution in [0, 0.1) is 5.92 Å². The van der Waals surface area contributed by atoms with Gasteiger partial charge in [-0.1, -0.05) is 37.3 Å². The molecule has 1 amide bonds. The van der Waals surface area contributed by atoms with Crippen molar-refractivity contribution < 1.29 is 14.7 Å². The first-order valence-electron chi connectivity index (χ1n) is 7.33. The highest BCUT2D eigenvalue weighted by Gasteiger charge is 2.28. The van der Waals surface area contributed by atoms with E-state index in [9.17, 15) is 9.59 Å². The number of amides is 1. The number of hydrogen-bond acceptors (Lipinski definition) is 3. The molecule has 2 N–H and O–H groups in total. The molecule has 0 radical (unpaired) electrons. The molecule has 1 aliphatic rings. The molecule has 0 aromatic heterocycles. The van der Waals surface area contributed by atoms with Crippen LogP contribution in [0.2, 0.25) is 0 Å². The third kappa shape index (κ3) is 4.56. The number of benzene rings is 1. The lowest BCUT2D eigenvalue weighted by molar-refractivity contribution is -0.141. The molecule has 0 spiro atoms. The minimum absolute atomic E-state index is 0.0381. The zero-order valence-electron chi connectivity index (χ0n) is 12.3. The molecule has 1 aromatic carbocycles. The quantitative estimate of drug-likeness (QED) is 0.829. The van der Waals surface area contributed by atoms with Crippen LogP contribution < -0.4 is 5.32 Å². The van der Waals surface area contributed by atoms with Gasteiger partial charge in [0.25, 0.3) is 0 Å². The Balaban J connectivity index is 1.72. The Labute approximate surface area is 125 Å². The number of likely N-dealkylation sites (tertiary alicyclic amines) is 1. The molecule has 1 fully saturated rings. The normalized spacial score (nSPS) is 20.1. The van der Waals surface area contributed by atoms with E-state index in [0.29, 0.717) is 26.1 Å². The van der Waals surface area contributed by atoms with Crippen LogP contribution in [0.15, 0.2) is 30.3 Å². The first-order chi connectivity index (χ1) is 10.1. The first-order valence-corrected chi connectivity index (χ1v) is 7.33. The van der Waals surface area contributed by atoms with Gasteiger partial charge < -0.3 is 10.4 Å². The van der Waals surface area contributed by atoms with Gasteiger partial charge in [-0.25, -0.2) is 0 Å². The zero-order chi connectivity index (χ0) is 15.2. The van der Waals surface area contributed by atoms with Gasteiger partial charge in [0.05, 0.1) is 12.5 Å². The topological polar surface area (TPSA) is 69.6 Å².